The van der Waals surface area contributed by atoms with Crippen LogP contribution in [0.15, 0.2) is 18.2 Å². The maximum atomic E-state index is 14.2. The molecule has 0 bridgehead atoms. The number of likely N-dealkylation sites (N-methyl/N-ethyl adjacent to an activating group) is 1. The SMILES string of the molecule is CC(C)CN(CCN(C)C)c1ccc(C(=N)N)cc1F. The molecule has 1 aromatic carbocycles. The summed E-state index contributed by atoms with van der Waals surface area (Å²) in [5.41, 5.74) is 6.38. The van der Waals surface area contributed by atoms with Gasteiger partial charge in [-0.15, -0.1) is 0 Å². The van der Waals surface area contributed by atoms with E-state index in [0.717, 1.165) is 19.6 Å². The van der Waals surface area contributed by atoms with E-state index in [1.54, 1.807) is 12.1 Å². The molecule has 0 saturated carbocycles. The van der Waals surface area contributed by atoms with Crippen LogP contribution in [0.3, 0.4) is 0 Å². The van der Waals surface area contributed by atoms with Gasteiger partial charge in [-0.05, 0) is 38.2 Å². The number of nitrogens with zero attached hydrogens (tertiary/aromatic N) is 2. The van der Waals surface area contributed by atoms with E-state index in [1.165, 1.54) is 6.07 Å². The average Bonchev–Trinajstić information content (AvgIpc) is 2.33. The number of amidine groups is 1. The fraction of sp³-hybridized carbons (Fsp3) is 0.533. The summed E-state index contributed by atoms with van der Waals surface area (Å²) < 4.78 is 14.2. The molecule has 0 heterocycles. The molecule has 0 aliphatic carbocycles. The number of benzene rings is 1. The third-order valence-corrected chi connectivity index (χ3v) is 3.00. The van der Waals surface area contributed by atoms with Crippen molar-refractivity contribution in [3.63, 3.8) is 0 Å². The van der Waals surface area contributed by atoms with Gasteiger partial charge >= 0.3 is 0 Å². The van der Waals surface area contributed by atoms with Crippen molar-refractivity contribution < 1.29 is 4.39 Å². The van der Waals surface area contributed by atoms with Crippen LogP contribution >= 0.6 is 0 Å². The van der Waals surface area contributed by atoms with E-state index < -0.39 is 0 Å². The molecule has 0 saturated heterocycles. The van der Waals surface area contributed by atoms with Crippen LogP contribution in [0.1, 0.15) is 19.4 Å². The highest BCUT2D eigenvalue weighted by Gasteiger charge is 2.14. The minimum Gasteiger partial charge on any atom is -0.384 e. The van der Waals surface area contributed by atoms with Crippen LogP contribution in [0.5, 0.6) is 0 Å². The van der Waals surface area contributed by atoms with Gasteiger partial charge in [-0.25, -0.2) is 4.39 Å². The maximum Gasteiger partial charge on any atom is 0.147 e. The van der Waals surface area contributed by atoms with Gasteiger partial charge in [0.1, 0.15) is 11.7 Å². The quantitative estimate of drug-likeness (QED) is 0.594. The largest absolute Gasteiger partial charge is 0.384 e. The second-order valence-corrected chi connectivity index (χ2v) is 5.72. The molecule has 0 amide bonds. The number of anilines is 1. The van der Waals surface area contributed by atoms with Gasteiger partial charge in [0.25, 0.3) is 0 Å². The Bertz CT molecular complexity index is 457. The molecule has 0 aromatic heterocycles. The third kappa shape index (κ3) is 4.81. The zero-order chi connectivity index (χ0) is 15.3. The molecule has 4 nitrogen and oxygen atoms in total. The third-order valence-electron chi connectivity index (χ3n) is 3.00. The molecule has 0 radical (unpaired) electrons. The molecule has 20 heavy (non-hydrogen) atoms. The second-order valence-electron chi connectivity index (χ2n) is 5.72. The molecule has 0 unspecified atom stereocenters. The zero-order valence-electron chi connectivity index (χ0n) is 12.8. The maximum absolute atomic E-state index is 14.2. The molecule has 112 valence electrons. The normalized spacial score (nSPS) is 11.2. The van der Waals surface area contributed by atoms with Crippen molar-refractivity contribution in [3.8, 4) is 0 Å². The first-order valence-electron chi connectivity index (χ1n) is 6.85. The van der Waals surface area contributed by atoms with Crippen molar-refractivity contribution in [1.82, 2.24) is 4.90 Å². The molecule has 1 rings (SSSR count). The summed E-state index contributed by atoms with van der Waals surface area (Å²) in [6.07, 6.45) is 0. The highest BCUT2D eigenvalue weighted by atomic mass is 19.1. The predicted molar refractivity (Wildman–Crippen MR) is 83.0 cm³/mol. The van der Waals surface area contributed by atoms with Crippen molar-refractivity contribution in [2.45, 2.75) is 13.8 Å². The lowest BCUT2D eigenvalue weighted by Gasteiger charge is -2.28. The van der Waals surface area contributed by atoms with E-state index in [4.69, 9.17) is 11.1 Å². The van der Waals surface area contributed by atoms with Crippen molar-refractivity contribution >= 4 is 11.5 Å². The Hall–Kier alpha value is -1.62. The monoisotopic (exact) mass is 280 g/mol. The summed E-state index contributed by atoms with van der Waals surface area (Å²) in [6, 6.07) is 4.74. The lowest BCUT2D eigenvalue weighted by molar-refractivity contribution is 0.408. The van der Waals surface area contributed by atoms with Crippen LogP contribution in [0.25, 0.3) is 0 Å². The minimum atomic E-state index is -0.322. The highest BCUT2D eigenvalue weighted by Crippen LogP contribution is 2.21. The van der Waals surface area contributed by atoms with Crippen molar-refractivity contribution in [3.05, 3.63) is 29.6 Å². The van der Waals surface area contributed by atoms with Gasteiger partial charge in [-0.3, -0.25) is 5.41 Å². The molecule has 3 N–H and O–H groups in total. The summed E-state index contributed by atoms with van der Waals surface area (Å²) >= 11 is 0. The second kappa shape index (κ2) is 7.24. The number of rotatable bonds is 7. The topological polar surface area (TPSA) is 56.4 Å². The lowest BCUT2D eigenvalue weighted by atomic mass is 10.1. The molecule has 0 spiro atoms. The first kappa shape index (κ1) is 16.4. The van der Waals surface area contributed by atoms with Crippen LogP contribution < -0.4 is 10.6 Å². The Morgan fingerprint density at radius 3 is 2.40 bits per heavy atom. The molecule has 5 heteroatoms. The van der Waals surface area contributed by atoms with Crippen LogP contribution in [0.4, 0.5) is 10.1 Å². The highest BCUT2D eigenvalue weighted by molar-refractivity contribution is 5.95. The van der Waals surface area contributed by atoms with Crippen LogP contribution in [0, 0.1) is 17.1 Å². The van der Waals surface area contributed by atoms with Gasteiger partial charge in [0.2, 0.25) is 0 Å². The summed E-state index contributed by atoms with van der Waals surface area (Å²) in [5, 5.41) is 7.35. The Morgan fingerprint density at radius 2 is 1.95 bits per heavy atom. The molecule has 0 atom stereocenters. The number of nitrogens with one attached hydrogen (secondary N) is 1. The van der Waals surface area contributed by atoms with Crippen LogP contribution in [-0.4, -0.2) is 44.5 Å². The Kier molecular flexibility index (Phi) is 5.95. The first-order chi connectivity index (χ1) is 9.31. The van der Waals surface area contributed by atoms with E-state index in [0.29, 0.717) is 17.2 Å². The first-order valence-corrected chi connectivity index (χ1v) is 6.85. The summed E-state index contributed by atoms with van der Waals surface area (Å²) in [5.74, 6) is 0.0142. The van der Waals surface area contributed by atoms with Crippen molar-refractivity contribution in [1.29, 1.82) is 5.41 Å². The lowest BCUT2D eigenvalue weighted by Crippen LogP contribution is -2.35. The number of halogens is 1. The molecular weight excluding hydrogens is 255 g/mol. The molecule has 0 aliphatic rings. The van der Waals surface area contributed by atoms with E-state index in [1.807, 2.05) is 19.0 Å². The summed E-state index contributed by atoms with van der Waals surface area (Å²) in [6.45, 7) is 6.65. The molecule has 1 aromatic rings. The van der Waals surface area contributed by atoms with Gasteiger partial charge in [0, 0.05) is 25.2 Å². The van der Waals surface area contributed by atoms with Crippen LogP contribution in [0.2, 0.25) is 0 Å². The van der Waals surface area contributed by atoms with Gasteiger partial charge in [0.05, 0.1) is 5.69 Å². The Labute approximate surface area is 120 Å². The van der Waals surface area contributed by atoms with Crippen molar-refractivity contribution in [2.75, 3.05) is 38.6 Å². The Morgan fingerprint density at radius 1 is 1.30 bits per heavy atom. The van der Waals surface area contributed by atoms with E-state index in [9.17, 15) is 4.39 Å². The number of nitrogen functional groups attached to an aromatic ring is 1. The zero-order valence-corrected chi connectivity index (χ0v) is 12.8. The molecule has 0 aliphatic heterocycles. The van der Waals surface area contributed by atoms with E-state index in [-0.39, 0.29) is 11.7 Å². The van der Waals surface area contributed by atoms with Gasteiger partial charge in [-0.2, -0.15) is 0 Å². The number of nitrogens with two attached hydrogens (primary N) is 1. The van der Waals surface area contributed by atoms with Crippen molar-refractivity contribution in [2.24, 2.45) is 11.7 Å². The predicted octanol–water partition coefficient (Wildman–Crippen LogP) is 2.13. The smallest absolute Gasteiger partial charge is 0.147 e. The van der Waals surface area contributed by atoms with E-state index >= 15 is 0 Å². The molecular formula is C15H25FN4. The standard InChI is InChI=1S/C15H25FN4/c1-11(2)10-20(8-7-19(3)4)14-6-5-12(15(17)18)9-13(14)16/h5-6,9,11H,7-8,10H2,1-4H3,(H3,17,18). The van der Waals surface area contributed by atoms with Crippen LogP contribution in [-0.2, 0) is 0 Å². The fourth-order valence-electron chi connectivity index (χ4n) is 2.00. The molecule has 0 fully saturated rings. The van der Waals surface area contributed by atoms with Gasteiger partial charge in [0.15, 0.2) is 0 Å². The average molecular weight is 280 g/mol. The fourth-order valence-corrected chi connectivity index (χ4v) is 2.00. The van der Waals surface area contributed by atoms with Gasteiger partial charge < -0.3 is 15.5 Å². The number of hydrogen-bond acceptors (Lipinski definition) is 3. The van der Waals surface area contributed by atoms with Gasteiger partial charge in [-0.1, -0.05) is 13.8 Å². The number of hydrogen-bond donors (Lipinski definition) is 2. The summed E-state index contributed by atoms with van der Waals surface area (Å²) in [4.78, 5) is 4.12. The van der Waals surface area contributed by atoms with E-state index in [2.05, 4.69) is 18.7 Å². The minimum absolute atomic E-state index is 0.112. The summed E-state index contributed by atoms with van der Waals surface area (Å²) in [7, 11) is 4.01. The Balaban J connectivity index is 2.97.